The van der Waals surface area contributed by atoms with Crippen molar-refractivity contribution in [3.05, 3.63) is 34.5 Å². The lowest BCUT2D eigenvalue weighted by atomic mass is 10.2. The van der Waals surface area contributed by atoms with Crippen LogP contribution in [-0.4, -0.2) is 63.7 Å². The largest absolute Gasteiger partial charge is 0.465 e. The smallest absolute Gasteiger partial charge is 0.348 e. The van der Waals surface area contributed by atoms with Crippen molar-refractivity contribution in [1.82, 2.24) is 24.4 Å². The molecule has 1 saturated heterocycles. The molecule has 0 aliphatic carbocycles. The number of ether oxygens (including phenoxy) is 1. The normalized spacial score (nSPS) is 15.3. The van der Waals surface area contributed by atoms with Crippen LogP contribution in [0.2, 0.25) is 0 Å². The fraction of sp³-hybridized carbons (Fsp3) is 0.474. The topological polar surface area (TPSA) is 76.4 Å². The SMILES string of the molecule is COC(=O)c1sc2nc(C)nc(N3CCN(Cc4nccn4C(F)F)CC3)c2c1C. The summed E-state index contributed by atoms with van der Waals surface area (Å²) in [5.41, 5.74) is 0.818. The maximum atomic E-state index is 13.1. The van der Waals surface area contributed by atoms with E-state index in [4.69, 9.17) is 4.74 Å². The molecule has 8 nitrogen and oxygen atoms in total. The number of piperazine rings is 1. The maximum absolute atomic E-state index is 13.1. The van der Waals surface area contributed by atoms with Gasteiger partial charge in [-0.1, -0.05) is 0 Å². The number of hydrogen-bond donors (Lipinski definition) is 0. The first-order chi connectivity index (χ1) is 14.4. The second-order valence-corrected chi connectivity index (χ2v) is 8.11. The van der Waals surface area contributed by atoms with Crippen molar-refractivity contribution >= 4 is 33.3 Å². The molecule has 1 fully saturated rings. The summed E-state index contributed by atoms with van der Waals surface area (Å²) in [6, 6.07) is 0. The molecule has 1 aliphatic heterocycles. The minimum Gasteiger partial charge on any atom is -0.465 e. The Labute approximate surface area is 176 Å². The van der Waals surface area contributed by atoms with Gasteiger partial charge in [0.1, 0.15) is 27.2 Å². The van der Waals surface area contributed by atoms with E-state index in [0.29, 0.717) is 49.2 Å². The third-order valence-electron chi connectivity index (χ3n) is 5.25. The van der Waals surface area contributed by atoms with Gasteiger partial charge in [-0.3, -0.25) is 9.47 Å². The molecule has 4 rings (SSSR count). The highest BCUT2D eigenvalue weighted by Gasteiger charge is 2.26. The lowest BCUT2D eigenvalue weighted by molar-refractivity contribution is 0.0604. The third kappa shape index (κ3) is 3.74. The number of carbonyl (C=O) groups excluding carboxylic acids is 1. The van der Waals surface area contributed by atoms with E-state index in [-0.39, 0.29) is 5.97 Å². The number of anilines is 1. The fourth-order valence-electron chi connectivity index (χ4n) is 3.70. The number of methoxy groups -OCH3 is 1. The Morgan fingerprint density at radius 2 is 1.97 bits per heavy atom. The zero-order valence-corrected chi connectivity index (χ0v) is 17.7. The molecule has 0 atom stereocenters. The van der Waals surface area contributed by atoms with Crippen molar-refractivity contribution in [3.8, 4) is 0 Å². The lowest BCUT2D eigenvalue weighted by Gasteiger charge is -2.35. The van der Waals surface area contributed by atoms with Gasteiger partial charge in [-0.25, -0.2) is 19.7 Å². The van der Waals surface area contributed by atoms with Gasteiger partial charge in [-0.2, -0.15) is 8.78 Å². The van der Waals surface area contributed by atoms with Crippen LogP contribution in [0.1, 0.15) is 33.4 Å². The van der Waals surface area contributed by atoms with Crippen molar-refractivity contribution < 1.29 is 18.3 Å². The highest BCUT2D eigenvalue weighted by Crippen LogP contribution is 2.36. The summed E-state index contributed by atoms with van der Waals surface area (Å²) in [4.78, 5) is 30.9. The molecule has 0 bridgehead atoms. The molecule has 30 heavy (non-hydrogen) atoms. The van der Waals surface area contributed by atoms with Gasteiger partial charge >= 0.3 is 12.5 Å². The minimum absolute atomic E-state index is 0.357. The number of alkyl halides is 2. The monoisotopic (exact) mass is 436 g/mol. The molecule has 3 aromatic heterocycles. The van der Waals surface area contributed by atoms with Crippen LogP contribution in [0, 0.1) is 13.8 Å². The first-order valence-corrected chi connectivity index (χ1v) is 10.3. The van der Waals surface area contributed by atoms with Crippen molar-refractivity contribution in [3.63, 3.8) is 0 Å². The second kappa shape index (κ2) is 8.23. The second-order valence-electron chi connectivity index (χ2n) is 7.11. The minimum atomic E-state index is -2.59. The number of hydrogen-bond acceptors (Lipinski definition) is 8. The van der Waals surface area contributed by atoms with Crippen molar-refractivity contribution in [2.45, 2.75) is 26.9 Å². The van der Waals surface area contributed by atoms with Gasteiger partial charge in [-0.05, 0) is 19.4 Å². The lowest BCUT2D eigenvalue weighted by Crippen LogP contribution is -2.46. The van der Waals surface area contributed by atoms with Gasteiger partial charge in [0.25, 0.3) is 0 Å². The predicted octanol–water partition coefficient (Wildman–Crippen LogP) is 3.01. The molecule has 1 aliphatic rings. The van der Waals surface area contributed by atoms with E-state index in [1.807, 2.05) is 13.8 Å². The summed E-state index contributed by atoms with van der Waals surface area (Å²) < 4.78 is 31.9. The van der Waals surface area contributed by atoms with Crippen LogP contribution in [-0.2, 0) is 11.3 Å². The average Bonchev–Trinajstić information content (AvgIpc) is 3.32. The average molecular weight is 436 g/mol. The molecule has 4 heterocycles. The Morgan fingerprint density at radius 1 is 1.23 bits per heavy atom. The van der Waals surface area contributed by atoms with Crippen LogP contribution >= 0.6 is 11.3 Å². The van der Waals surface area contributed by atoms with E-state index in [2.05, 4.69) is 24.8 Å². The van der Waals surface area contributed by atoms with E-state index < -0.39 is 6.55 Å². The highest BCUT2D eigenvalue weighted by molar-refractivity contribution is 7.20. The molecule has 160 valence electrons. The first-order valence-electron chi connectivity index (χ1n) is 9.52. The molecular formula is C19H22F2N6O2S. The first kappa shape index (κ1) is 20.6. The Balaban J connectivity index is 1.55. The van der Waals surface area contributed by atoms with E-state index in [1.54, 1.807) is 0 Å². The summed E-state index contributed by atoms with van der Waals surface area (Å²) in [6.07, 6.45) is 2.70. The number of rotatable bonds is 5. The van der Waals surface area contributed by atoms with E-state index in [1.165, 1.54) is 30.8 Å². The molecule has 0 aromatic carbocycles. The van der Waals surface area contributed by atoms with Gasteiger partial charge in [-0.15, -0.1) is 11.3 Å². The number of carbonyl (C=O) groups is 1. The van der Waals surface area contributed by atoms with Gasteiger partial charge in [0.2, 0.25) is 0 Å². The molecule has 0 spiro atoms. The molecule has 11 heteroatoms. The van der Waals surface area contributed by atoms with Gasteiger partial charge in [0.15, 0.2) is 0 Å². The molecule has 3 aromatic rings. The number of aromatic nitrogens is 4. The van der Waals surface area contributed by atoms with Crippen LogP contribution in [0.3, 0.4) is 0 Å². The molecule has 0 unspecified atom stereocenters. The maximum Gasteiger partial charge on any atom is 0.348 e. The highest BCUT2D eigenvalue weighted by atomic mass is 32.1. The molecule has 0 radical (unpaired) electrons. The van der Waals surface area contributed by atoms with Crippen LogP contribution < -0.4 is 4.90 Å². The quantitative estimate of drug-likeness (QED) is 0.569. The number of nitrogens with zero attached hydrogens (tertiary/aromatic N) is 6. The fourth-order valence-corrected chi connectivity index (χ4v) is 4.84. The van der Waals surface area contributed by atoms with E-state index in [9.17, 15) is 13.6 Å². The van der Waals surface area contributed by atoms with Crippen LogP contribution in [0.4, 0.5) is 14.6 Å². The van der Waals surface area contributed by atoms with Crippen LogP contribution in [0.5, 0.6) is 0 Å². The van der Waals surface area contributed by atoms with Crippen LogP contribution in [0.25, 0.3) is 10.2 Å². The number of thiophene rings is 1. The molecule has 0 amide bonds. The summed E-state index contributed by atoms with van der Waals surface area (Å²) in [7, 11) is 1.36. The van der Waals surface area contributed by atoms with Crippen molar-refractivity contribution in [2.75, 3.05) is 38.2 Å². The standard InChI is InChI=1S/C19H22F2N6O2S/c1-11-14-16(23-12(2)24-17(14)30-15(11)18(28)29-3)26-8-6-25(7-9-26)10-13-22-4-5-27(13)19(20)21/h4-5,19H,6-10H2,1-3H3. The Morgan fingerprint density at radius 3 is 2.63 bits per heavy atom. The van der Waals surface area contributed by atoms with Crippen molar-refractivity contribution in [2.24, 2.45) is 0 Å². The van der Waals surface area contributed by atoms with E-state index in [0.717, 1.165) is 26.2 Å². The molecule has 0 saturated carbocycles. The van der Waals surface area contributed by atoms with E-state index >= 15 is 0 Å². The summed E-state index contributed by atoms with van der Waals surface area (Å²) >= 11 is 1.31. The molecular weight excluding hydrogens is 414 g/mol. The summed E-state index contributed by atoms with van der Waals surface area (Å²) in [6.45, 7) is 4.23. The predicted molar refractivity (Wildman–Crippen MR) is 109 cm³/mol. The van der Waals surface area contributed by atoms with Crippen molar-refractivity contribution in [1.29, 1.82) is 0 Å². The summed E-state index contributed by atoms with van der Waals surface area (Å²) in [5.74, 6) is 1.42. The Kier molecular flexibility index (Phi) is 5.65. The molecule has 0 N–H and O–H groups in total. The number of halogens is 2. The zero-order valence-electron chi connectivity index (χ0n) is 16.9. The van der Waals surface area contributed by atoms with Gasteiger partial charge < -0.3 is 9.64 Å². The number of aryl methyl sites for hydroxylation is 2. The summed E-state index contributed by atoms with van der Waals surface area (Å²) in [5, 5.41) is 0.868. The van der Waals surface area contributed by atoms with Gasteiger partial charge in [0, 0.05) is 38.6 Å². The van der Waals surface area contributed by atoms with Crippen LogP contribution in [0.15, 0.2) is 12.4 Å². The number of fused-ring (bicyclic) bond motifs is 1. The Bertz CT molecular complexity index is 1070. The zero-order chi connectivity index (χ0) is 21.4. The van der Waals surface area contributed by atoms with Gasteiger partial charge in [0.05, 0.1) is 19.0 Å². The number of esters is 1. The number of imidazole rings is 1. The Hall–Kier alpha value is -2.66. The third-order valence-corrected chi connectivity index (χ3v) is 6.42.